The molecule has 0 amide bonds. The normalized spacial score (nSPS) is 13.4. The predicted molar refractivity (Wildman–Crippen MR) is 90.5 cm³/mol. The van der Waals surface area contributed by atoms with Crippen molar-refractivity contribution in [2.45, 2.75) is 46.2 Å². The van der Waals surface area contributed by atoms with Crippen LogP contribution in [-0.4, -0.2) is 37.7 Å². The van der Waals surface area contributed by atoms with E-state index in [0.29, 0.717) is 18.5 Å². The Kier molecular flexibility index (Phi) is 7.94. The highest BCUT2D eigenvalue weighted by Crippen LogP contribution is 2.23. The standard InChI is InChI=1S/C18H32N2O/c1-14(2)12-16-6-8-17(9-7-16)18(13-19)20(15(3)4)10-11-21-5/h6-9,14-15,18H,10-13,19H2,1-5H3. The van der Waals surface area contributed by atoms with Gasteiger partial charge >= 0.3 is 0 Å². The van der Waals surface area contributed by atoms with E-state index in [1.807, 2.05) is 0 Å². The van der Waals surface area contributed by atoms with Crippen molar-refractivity contribution in [2.75, 3.05) is 26.8 Å². The van der Waals surface area contributed by atoms with Crippen LogP contribution in [0.5, 0.6) is 0 Å². The van der Waals surface area contributed by atoms with Gasteiger partial charge in [0.1, 0.15) is 0 Å². The van der Waals surface area contributed by atoms with Gasteiger partial charge in [0.15, 0.2) is 0 Å². The van der Waals surface area contributed by atoms with Crippen LogP contribution in [0.2, 0.25) is 0 Å². The zero-order chi connectivity index (χ0) is 15.8. The Morgan fingerprint density at radius 1 is 1.10 bits per heavy atom. The van der Waals surface area contributed by atoms with E-state index in [-0.39, 0.29) is 6.04 Å². The van der Waals surface area contributed by atoms with Gasteiger partial charge in [-0.2, -0.15) is 0 Å². The zero-order valence-electron chi connectivity index (χ0n) is 14.3. The number of ether oxygens (including phenoxy) is 1. The Labute approximate surface area is 130 Å². The molecule has 2 N–H and O–H groups in total. The Hall–Kier alpha value is -0.900. The van der Waals surface area contributed by atoms with Crippen molar-refractivity contribution in [1.82, 2.24) is 4.90 Å². The fraction of sp³-hybridized carbons (Fsp3) is 0.667. The van der Waals surface area contributed by atoms with Gasteiger partial charge in [0.2, 0.25) is 0 Å². The van der Waals surface area contributed by atoms with Crippen LogP contribution < -0.4 is 5.73 Å². The lowest BCUT2D eigenvalue weighted by molar-refractivity contribution is 0.0979. The second kappa shape index (κ2) is 9.19. The van der Waals surface area contributed by atoms with Crippen molar-refractivity contribution in [3.63, 3.8) is 0 Å². The minimum absolute atomic E-state index is 0.258. The molecule has 0 spiro atoms. The quantitative estimate of drug-likeness (QED) is 0.759. The van der Waals surface area contributed by atoms with Crippen LogP contribution in [0, 0.1) is 5.92 Å². The predicted octanol–water partition coefficient (Wildman–Crippen LogP) is 3.24. The Morgan fingerprint density at radius 3 is 2.14 bits per heavy atom. The van der Waals surface area contributed by atoms with E-state index >= 15 is 0 Å². The van der Waals surface area contributed by atoms with E-state index in [0.717, 1.165) is 19.6 Å². The summed E-state index contributed by atoms with van der Waals surface area (Å²) in [5.74, 6) is 0.690. The van der Waals surface area contributed by atoms with E-state index in [4.69, 9.17) is 10.5 Å². The molecule has 0 fully saturated rings. The summed E-state index contributed by atoms with van der Waals surface area (Å²) in [6, 6.07) is 9.66. The van der Waals surface area contributed by atoms with Gasteiger partial charge in [0, 0.05) is 32.3 Å². The Bertz CT molecular complexity index is 387. The maximum Gasteiger partial charge on any atom is 0.0590 e. The van der Waals surface area contributed by atoms with Crippen LogP contribution in [0.15, 0.2) is 24.3 Å². The molecule has 0 saturated carbocycles. The summed E-state index contributed by atoms with van der Waals surface area (Å²) in [6.45, 7) is 11.2. The third-order valence-electron chi connectivity index (χ3n) is 3.85. The van der Waals surface area contributed by atoms with Crippen molar-refractivity contribution in [1.29, 1.82) is 0 Å². The zero-order valence-corrected chi connectivity index (χ0v) is 14.3. The minimum Gasteiger partial charge on any atom is -0.383 e. The molecular weight excluding hydrogens is 260 g/mol. The first-order valence-corrected chi connectivity index (χ1v) is 8.03. The number of hydrogen-bond donors (Lipinski definition) is 1. The lowest BCUT2D eigenvalue weighted by atomic mass is 9.98. The number of rotatable bonds is 9. The van der Waals surface area contributed by atoms with Gasteiger partial charge in [-0.25, -0.2) is 0 Å². The largest absolute Gasteiger partial charge is 0.383 e. The molecule has 1 atom stereocenters. The number of nitrogens with two attached hydrogens (primary N) is 1. The lowest BCUT2D eigenvalue weighted by Gasteiger charge is -2.34. The van der Waals surface area contributed by atoms with Gasteiger partial charge in [-0.15, -0.1) is 0 Å². The number of hydrogen-bond acceptors (Lipinski definition) is 3. The summed E-state index contributed by atoms with van der Waals surface area (Å²) in [5.41, 5.74) is 8.75. The third-order valence-corrected chi connectivity index (χ3v) is 3.85. The van der Waals surface area contributed by atoms with Crippen molar-refractivity contribution in [2.24, 2.45) is 11.7 Å². The maximum atomic E-state index is 6.05. The van der Waals surface area contributed by atoms with Gasteiger partial charge in [-0.1, -0.05) is 38.1 Å². The van der Waals surface area contributed by atoms with Crippen LogP contribution in [0.3, 0.4) is 0 Å². The molecule has 0 aromatic heterocycles. The SMILES string of the molecule is COCCN(C(C)C)C(CN)c1ccc(CC(C)C)cc1. The van der Waals surface area contributed by atoms with Gasteiger partial charge in [-0.3, -0.25) is 4.90 Å². The van der Waals surface area contributed by atoms with Gasteiger partial charge in [0.25, 0.3) is 0 Å². The summed E-state index contributed by atoms with van der Waals surface area (Å²) in [6.07, 6.45) is 1.13. The van der Waals surface area contributed by atoms with Gasteiger partial charge in [0.05, 0.1) is 6.61 Å². The monoisotopic (exact) mass is 292 g/mol. The summed E-state index contributed by atoms with van der Waals surface area (Å²) in [4.78, 5) is 2.42. The second-order valence-electron chi connectivity index (χ2n) is 6.42. The molecule has 1 aromatic rings. The smallest absolute Gasteiger partial charge is 0.0590 e. The van der Waals surface area contributed by atoms with Gasteiger partial charge in [-0.05, 0) is 37.3 Å². The van der Waals surface area contributed by atoms with E-state index in [1.54, 1.807) is 7.11 Å². The summed E-state index contributed by atoms with van der Waals surface area (Å²) < 4.78 is 5.23. The highest BCUT2D eigenvalue weighted by atomic mass is 16.5. The Balaban J connectivity index is 2.86. The van der Waals surface area contributed by atoms with E-state index in [1.165, 1.54) is 11.1 Å². The van der Waals surface area contributed by atoms with E-state index < -0.39 is 0 Å². The lowest BCUT2D eigenvalue weighted by Crippen LogP contribution is -2.40. The van der Waals surface area contributed by atoms with Crippen molar-refractivity contribution >= 4 is 0 Å². The first kappa shape index (κ1) is 18.1. The number of nitrogens with zero attached hydrogens (tertiary/aromatic N) is 1. The topological polar surface area (TPSA) is 38.5 Å². The molecule has 0 aliphatic rings. The second-order valence-corrected chi connectivity index (χ2v) is 6.42. The third kappa shape index (κ3) is 5.77. The molecule has 0 heterocycles. The van der Waals surface area contributed by atoms with Crippen molar-refractivity contribution in [3.05, 3.63) is 35.4 Å². The Morgan fingerprint density at radius 2 is 1.71 bits per heavy atom. The molecule has 0 bridgehead atoms. The minimum atomic E-state index is 0.258. The molecule has 0 saturated heterocycles. The van der Waals surface area contributed by atoms with Crippen molar-refractivity contribution in [3.8, 4) is 0 Å². The van der Waals surface area contributed by atoms with E-state index in [9.17, 15) is 0 Å². The molecule has 0 radical (unpaired) electrons. The van der Waals surface area contributed by atoms with Crippen LogP contribution in [-0.2, 0) is 11.2 Å². The summed E-state index contributed by atoms with van der Waals surface area (Å²) >= 11 is 0. The molecule has 0 aliphatic heterocycles. The molecular formula is C18H32N2O. The fourth-order valence-electron chi connectivity index (χ4n) is 2.78. The first-order chi connectivity index (χ1) is 9.99. The van der Waals surface area contributed by atoms with Crippen LogP contribution in [0.25, 0.3) is 0 Å². The molecule has 3 heteroatoms. The number of methoxy groups -OCH3 is 1. The molecule has 1 rings (SSSR count). The molecule has 21 heavy (non-hydrogen) atoms. The summed E-state index contributed by atoms with van der Waals surface area (Å²) in [7, 11) is 1.75. The van der Waals surface area contributed by atoms with Crippen LogP contribution in [0.4, 0.5) is 0 Å². The van der Waals surface area contributed by atoms with Gasteiger partial charge < -0.3 is 10.5 Å². The molecule has 0 aliphatic carbocycles. The number of benzene rings is 1. The van der Waals surface area contributed by atoms with Crippen molar-refractivity contribution < 1.29 is 4.74 Å². The van der Waals surface area contributed by atoms with Crippen LogP contribution >= 0.6 is 0 Å². The highest BCUT2D eigenvalue weighted by molar-refractivity contribution is 5.26. The molecule has 120 valence electrons. The fourth-order valence-corrected chi connectivity index (χ4v) is 2.78. The highest BCUT2D eigenvalue weighted by Gasteiger charge is 2.21. The molecule has 1 aromatic carbocycles. The average molecular weight is 292 g/mol. The first-order valence-electron chi connectivity index (χ1n) is 8.03. The maximum absolute atomic E-state index is 6.05. The molecule has 1 unspecified atom stereocenters. The van der Waals surface area contributed by atoms with Crippen LogP contribution in [0.1, 0.15) is 44.9 Å². The van der Waals surface area contributed by atoms with E-state index in [2.05, 4.69) is 56.9 Å². The molecule has 3 nitrogen and oxygen atoms in total. The summed E-state index contributed by atoms with van der Waals surface area (Å²) in [5, 5.41) is 0. The average Bonchev–Trinajstić information content (AvgIpc) is 2.43.